The van der Waals surface area contributed by atoms with Gasteiger partial charge < -0.3 is 4.90 Å². The van der Waals surface area contributed by atoms with Crippen molar-refractivity contribution < 1.29 is 9.63 Å². The lowest BCUT2D eigenvalue weighted by Gasteiger charge is -2.18. The van der Waals surface area contributed by atoms with Crippen molar-refractivity contribution in [2.24, 2.45) is 0 Å². The standard InChI is InChI=1S/C18H22N2O2/c1-3-15-9-11-16(12-10-15)13-20(2)18(21)19-22-14-17-7-5-4-6-8-17/h4-12H,3,13-14H2,1-2H3,(H,19,21). The Morgan fingerprint density at radius 2 is 1.64 bits per heavy atom. The van der Waals surface area contributed by atoms with Crippen molar-refractivity contribution in [1.29, 1.82) is 0 Å². The summed E-state index contributed by atoms with van der Waals surface area (Å²) in [6.07, 6.45) is 1.02. The summed E-state index contributed by atoms with van der Waals surface area (Å²) in [7, 11) is 1.74. The average molecular weight is 298 g/mol. The van der Waals surface area contributed by atoms with Crippen LogP contribution in [0.2, 0.25) is 0 Å². The van der Waals surface area contributed by atoms with Crippen molar-refractivity contribution in [3.63, 3.8) is 0 Å². The molecule has 116 valence electrons. The summed E-state index contributed by atoms with van der Waals surface area (Å²) in [5.41, 5.74) is 5.86. The molecule has 0 radical (unpaired) electrons. The Morgan fingerprint density at radius 1 is 1.00 bits per heavy atom. The molecule has 0 spiro atoms. The average Bonchev–Trinajstić information content (AvgIpc) is 2.56. The quantitative estimate of drug-likeness (QED) is 0.829. The van der Waals surface area contributed by atoms with Crippen molar-refractivity contribution >= 4 is 6.03 Å². The topological polar surface area (TPSA) is 41.6 Å². The van der Waals surface area contributed by atoms with Gasteiger partial charge in [-0.1, -0.05) is 61.5 Å². The summed E-state index contributed by atoms with van der Waals surface area (Å²) in [5, 5.41) is 0. The van der Waals surface area contributed by atoms with Crippen LogP contribution in [-0.2, 0) is 24.4 Å². The molecule has 0 bridgehead atoms. The van der Waals surface area contributed by atoms with Gasteiger partial charge in [0, 0.05) is 13.6 Å². The molecule has 0 aromatic heterocycles. The smallest absolute Gasteiger partial charge is 0.322 e. The summed E-state index contributed by atoms with van der Waals surface area (Å²) in [6, 6.07) is 17.7. The first-order chi connectivity index (χ1) is 10.7. The first kappa shape index (κ1) is 16.0. The Bertz CT molecular complexity index is 582. The van der Waals surface area contributed by atoms with Gasteiger partial charge in [-0.3, -0.25) is 4.84 Å². The minimum absolute atomic E-state index is 0.254. The number of nitrogens with zero attached hydrogens (tertiary/aromatic N) is 1. The number of hydrogen-bond acceptors (Lipinski definition) is 2. The van der Waals surface area contributed by atoms with Gasteiger partial charge in [0.05, 0.1) is 6.61 Å². The predicted molar refractivity (Wildman–Crippen MR) is 87.0 cm³/mol. The van der Waals surface area contributed by atoms with Crippen molar-refractivity contribution in [2.45, 2.75) is 26.5 Å². The van der Waals surface area contributed by atoms with E-state index in [4.69, 9.17) is 4.84 Å². The molecule has 0 saturated carbocycles. The van der Waals surface area contributed by atoms with Gasteiger partial charge in [0.1, 0.15) is 0 Å². The van der Waals surface area contributed by atoms with Crippen LogP contribution in [0.15, 0.2) is 54.6 Å². The fourth-order valence-electron chi connectivity index (χ4n) is 2.06. The minimum Gasteiger partial charge on any atom is -0.322 e. The van der Waals surface area contributed by atoms with Gasteiger partial charge in [-0.2, -0.15) is 0 Å². The first-order valence-electron chi connectivity index (χ1n) is 7.43. The third kappa shape index (κ3) is 4.90. The molecule has 2 amide bonds. The van der Waals surface area contributed by atoms with Crippen LogP contribution < -0.4 is 5.48 Å². The molecule has 22 heavy (non-hydrogen) atoms. The molecule has 2 rings (SSSR count). The van der Waals surface area contributed by atoms with Gasteiger partial charge in [-0.25, -0.2) is 10.3 Å². The van der Waals surface area contributed by atoms with Crippen molar-refractivity contribution in [1.82, 2.24) is 10.4 Å². The molecule has 0 aliphatic carbocycles. The SMILES string of the molecule is CCc1ccc(CN(C)C(=O)NOCc2ccccc2)cc1. The van der Waals surface area contributed by atoms with Gasteiger partial charge in [-0.15, -0.1) is 0 Å². The zero-order valence-electron chi connectivity index (χ0n) is 13.1. The number of rotatable bonds is 6. The zero-order valence-corrected chi connectivity index (χ0v) is 13.1. The highest BCUT2D eigenvalue weighted by atomic mass is 16.7. The summed E-state index contributed by atoms with van der Waals surface area (Å²) in [6.45, 7) is 3.02. The molecule has 0 aliphatic heterocycles. The lowest BCUT2D eigenvalue weighted by Crippen LogP contribution is -2.36. The van der Waals surface area contributed by atoms with E-state index in [-0.39, 0.29) is 6.03 Å². The predicted octanol–water partition coefficient (Wildman–Crippen LogP) is 3.52. The van der Waals surface area contributed by atoms with Gasteiger partial charge in [-0.05, 0) is 23.1 Å². The second-order valence-corrected chi connectivity index (χ2v) is 5.21. The molecule has 0 saturated heterocycles. The lowest BCUT2D eigenvalue weighted by molar-refractivity contribution is 0.0382. The number of benzene rings is 2. The number of aryl methyl sites for hydroxylation is 1. The highest BCUT2D eigenvalue weighted by molar-refractivity contribution is 5.72. The third-order valence-corrected chi connectivity index (χ3v) is 3.44. The van der Waals surface area contributed by atoms with Gasteiger partial charge in [0.15, 0.2) is 0 Å². The van der Waals surface area contributed by atoms with E-state index in [0.29, 0.717) is 13.2 Å². The van der Waals surface area contributed by atoms with E-state index in [1.54, 1.807) is 11.9 Å². The Balaban J connectivity index is 1.76. The van der Waals surface area contributed by atoms with E-state index >= 15 is 0 Å². The van der Waals surface area contributed by atoms with Crippen LogP contribution in [0.5, 0.6) is 0 Å². The number of carbonyl (C=O) groups excluding carboxylic acids is 1. The monoisotopic (exact) mass is 298 g/mol. The number of amides is 2. The third-order valence-electron chi connectivity index (χ3n) is 3.44. The van der Waals surface area contributed by atoms with E-state index in [9.17, 15) is 4.79 Å². The van der Waals surface area contributed by atoms with E-state index in [0.717, 1.165) is 17.5 Å². The second-order valence-electron chi connectivity index (χ2n) is 5.21. The molecule has 2 aromatic rings. The van der Waals surface area contributed by atoms with Gasteiger partial charge in [0.25, 0.3) is 0 Å². The molecular weight excluding hydrogens is 276 g/mol. The van der Waals surface area contributed by atoms with Crippen LogP contribution in [0, 0.1) is 0 Å². The molecule has 0 fully saturated rings. The Morgan fingerprint density at radius 3 is 2.27 bits per heavy atom. The van der Waals surface area contributed by atoms with E-state index < -0.39 is 0 Å². The van der Waals surface area contributed by atoms with E-state index in [2.05, 4.69) is 24.5 Å². The summed E-state index contributed by atoms with van der Waals surface area (Å²) in [5.74, 6) is 0. The summed E-state index contributed by atoms with van der Waals surface area (Å²) in [4.78, 5) is 18.8. The fourth-order valence-corrected chi connectivity index (χ4v) is 2.06. The van der Waals surface area contributed by atoms with Crippen molar-refractivity contribution in [3.05, 3.63) is 71.3 Å². The Kier molecular flexibility index (Phi) is 5.98. The maximum atomic E-state index is 12.0. The summed E-state index contributed by atoms with van der Waals surface area (Å²) < 4.78 is 0. The highest BCUT2D eigenvalue weighted by Crippen LogP contribution is 2.07. The van der Waals surface area contributed by atoms with Crippen LogP contribution in [0.1, 0.15) is 23.6 Å². The molecule has 0 aliphatic rings. The zero-order chi connectivity index (χ0) is 15.8. The highest BCUT2D eigenvalue weighted by Gasteiger charge is 2.09. The van der Waals surface area contributed by atoms with Crippen LogP contribution in [0.4, 0.5) is 4.79 Å². The lowest BCUT2D eigenvalue weighted by atomic mass is 10.1. The molecule has 2 aromatic carbocycles. The fraction of sp³-hybridized carbons (Fsp3) is 0.278. The van der Waals surface area contributed by atoms with E-state index in [1.165, 1.54) is 5.56 Å². The maximum Gasteiger partial charge on any atom is 0.341 e. The summed E-state index contributed by atoms with van der Waals surface area (Å²) >= 11 is 0. The minimum atomic E-state index is -0.254. The largest absolute Gasteiger partial charge is 0.341 e. The molecule has 0 heterocycles. The number of nitrogens with one attached hydrogen (secondary N) is 1. The second kappa shape index (κ2) is 8.20. The van der Waals surface area contributed by atoms with Crippen LogP contribution in [0.3, 0.4) is 0 Å². The number of carbonyl (C=O) groups is 1. The molecule has 0 atom stereocenters. The van der Waals surface area contributed by atoms with E-state index in [1.807, 2.05) is 42.5 Å². The van der Waals surface area contributed by atoms with Crippen LogP contribution in [-0.4, -0.2) is 18.0 Å². The van der Waals surface area contributed by atoms with Crippen LogP contribution >= 0.6 is 0 Å². The number of hydroxylamine groups is 1. The Labute approximate surface area is 131 Å². The molecule has 4 nitrogen and oxygen atoms in total. The molecule has 4 heteroatoms. The Hall–Kier alpha value is -2.33. The number of hydrogen-bond donors (Lipinski definition) is 1. The number of urea groups is 1. The van der Waals surface area contributed by atoms with Crippen molar-refractivity contribution in [3.8, 4) is 0 Å². The molecule has 0 unspecified atom stereocenters. The van der Waals surface area contributed by atoms with Gasteiger partial charge in [0.2, 0.25) is 0 Å². The van der Waals surface area contributed by atoms with Crippen molar-refractivity contribution in [2.75, 3.05) is 7.05 Å². The first-order valence-corrected chi connectivity index (χ1v) is 7.43. The normalized spacial score (nSPS) is 10.3. The molecule has 1 N–H and O–H groups in total. The van der Waals surface area contributed by atoms with Gasteiger partial charge >= 0.3 is 6.03 Å². The van der Waals surface area contributed by atoms with Crippen LogP contribution in [0.25, 0.3) is 0 Å². The maximum absolute atomic E-state index is 12.0. The molecular formula is C18H22N2O2.